The molecule has 1 saturated heterocycles. The Morgan fingerprint density at radius 1 is 1.30 bits per heavy atom. The molecule has 0 N–H and O–H groups in total. The van der Waals surface area contributed by atoms with Crippen molar-refractivity contribution in [1.82, 2.24) is 0 Å². The summed E-state index contributed by atoms with van der Waals surface area (Å²) in [4.78, 5) is 0. The molecule has 0 radical (unpaired) electrons. The van der Waals surface area contributed by atoms with Gasteiger partial charge in [-0.1, -0.05) is 15.9 Å². The molecule has 2 aliphatic rings. The molecule has 0 amide bonds. The van der Waals surface area contributed by atoms with E-state index in [0.717, 1.165) is 18.9 Å². The van der Waals surface area contributed by atoms with Crippen molar-refractivity contribution >= 4 is 15.9 Å². The van der Waals surface area contributed by atoms with Crippen LogP contribution in [0.25, 0.3) is 0 Å². The van der Waals surface area contributed by atoms with Crippen molar-refractivity contribution in [3.8, 4) is 0 Å². The van der Waals surface area contributed by atoms with E-state index in [1.807, 2.05) is 0 Å². The highest BCUT2D eigenvalue weighted by Gasteiger charge is 2.50. The molecule has 20 heavy (non-hydrogen) atoms. The zero-order valence-corrected chi connectivity index (χ0v) is 12.3. The highest BCUT2D eigenvalue weighted by Crippen LogP contribution is 2.49. The molecule has 1 aliphatic heterocycles. The lowest BCUT2D eigenvalue weighted by Gasteiger charge is -2.29. The molecule has 2 unspecified atom stereocenters. The van der Waals surface area contributed by atoms with Crippen molar-refractivity contribution in [3.63, 3.8) is 0 Å². The van der Waals surface area contributed by atoms with Crippen LogP contribution in [0.4, 0.5) is 13.2 Å². The molecule has 110 valence electrons. The minimum Gasteiger partial charge on any atom is -0.353 e. The van der Waals surface area contributed by atoms with E-state index in [-0.39, 0.29) is 0 Å². The van der Waals surface area contributed by atoms with E-state index in [1.165, 1.54) is 6.07 Å². The molecule has 0 spiro atoms. The summed E-state index contributed by atoms with van der Waals surface area (Å²) < 4.78 is 52.8. The first-order valence-corrected chi connectivity index (χ1v) is 7.39. The molecule has 1 fully saturated rings. The Balaban J connectivity index is 1.90. The Hall–Kier alpha value is -0.590. The predicted octanol–water partition coefficient (Wildman–Crippen LogP) is 4.36. The van der Waals surface area contributed by atoms with Crippen LogP contribution >= 0.6 is 15.9 Å². The topological polar surface area (TPSA) is 18.5 Å². The quantitative estimate of drug-likeness (QED) is 0.788. The minimum absolute atomic E-state index is 0.294. The molecule has 6 heteroatoms. The highest BCUT2D eigenvalue weighted by atomic mass is 79.9. The second kappa shape index (κ2) is 5.31. The van der Waals surface area contributed by atoms with Gasteiger partial charge in [-0.25, -0.2) is 13.2 Å². The molecular formula is C14H14BrF3O2. The molecule has 2 atom stereocenters. The number of fused-ring (bicyclic) bond motifs is 1. The Kier molecular flexibility index (Phi) is 3.81. The van der Waals surface area contributed by atoms with E-state index in [0.29, 0.717) is 28.6 Å². The molecule has 0 bridgehead atoms. The summed E-state index contributed by atoms with van der Waals surface area (Å²) in [5.74, 6) is -3.57. The number of alkyl halides is 2. The first-order valence-electron chi connectivity index (χ1n) is 6.60. The first kappa shape index (κ1) is 14.4. The largest absolute Gasteiger partial charge is 0.353 e. The van der Waals surface area contributed by atoms with Crippen LogP contribution < -0.4 is 0 Å². The number of hydrogen-bond acceptors (Lipinski definition) is 2. The fourth-order valence-electron chi connectivity index (χ4n) is 2.77. The molecule has 1 aromatic rings. The normalized spacial score (nSPS) is 28.4. The fourth-order valence-corrected chi connectivity index (χ4v) is 3.45. The third kappa shape index (κ3) is 2.61. The number of hydrogen-bond donors (Lipinski definition) is 0. The van der Waals surface area contributed by atoms with E-state index in [2.05, 4.69) is 15.9 Å². The summed E-state index contributed by atoms with van der Waals surface area (Å²) in [5.41, 5.74) is 0.633. The Bertz CT molecular complexity index is 515. The Morgan fingerprint density at radius 3 is 2.80 bits per heavy atom. The SMILES string of the molecule is Fc1cc(Br)c2c(c1)CC(F)(F)C2OC1CCCCO1. The predicted molar refractivity (Wildman–Crippen MR) is 70.2 cm³/mol. The highest BCUT2D eigenvalue weighted by molar-refractivity contribution is 9.10. The zero-order valence-electron chi connectivity index (χ0n) is 10.7. The van der Waals surface area contributed by atoms with Gasteiger partial charge in [-0.3, -0.25) is 0 Å². The molecule has 0 saturated carbocycles. The lowest BCUT2D eigenvalue weighted by molar-refractivity contribution is -0.236. The van der Waals surface area contributed by atoms with Crippen LogP contribution in [0.15, 0.2) is 16.6 Å². The molecule has 1 heterocycles. The summed E-state index contributed by atoms with van der Waals surface area (Å²) in [5, 5.41) is 0. The monoisotopic (exact) mass is 350 g/mol. The third-order valence-electron chi connectivity index (χ3n) is 3.68. The van der Waals surface area contributed by atoms with Crippen LogP contribution in [-0.4, -0.2) is 18.8 Å². The van der Waals surface area contributed by atoms with Gasteiger partial charge in [-0.05, 0) is 37.0 Å². The Labute approximate surface area is 123 Å². The summed E-state index contributed by atoms with van der Waals surface area (Å²) in [6.07, 6.45) is -0.0537. The van der Waals surface area contributed by atoms with Gasteiger partial charge in [-0.15, -0.1) is 0 Å². The van der Waals surface area contributed by atoms with E-state index in [9.17, 15) is 13.2 Å². The molecule has 0 aromatic heterocycles. The average Bonchev–Trinajstić information content (AvgIpc) is 2.61. The average molecular weight is 351 g/mol. The van der Waals surface area contributed by atoms with Crippen LogP contribution in [0.5, 0.6) is 0 Å². The van der Waals surface area contributed by atoms with Crippen LogP contribution in [-0.2, 0) is 15.9 Å². The van der Waals surface area contributed by atoms with Crippen molar-refractivity contribution in [1.29, 1.82) is 0 Å². The van der Waals surface area contributed by atoms with E-state index >= 15 is 0 Å². The number of halogens is 4. The van der Waals surface area contributed by atoms with Gasteiger partial charge in [0.1, 0.15) is 5.82 Å². The van der Waals surface area contributed by atoms with Crippen LogP contribution in [0.2, 0.25) is 0 Å². The lowest BCUT2D eigenvalue weighted by Crippen LogP contribution is -2.31. The van der Waals surface area contributed by atoms with Gasteiger partial charge >= 0.3 is 0 Å². The van der Waals surface area contributed by atoms with Gasteiger partial charge < -0.3 is 9.47 Å². The van der Waals surface area contributed by atoms with Crippen molar-refractivity contribution in [2.24, 2.45) is 0 Å². The standard InChI is InChI=1S/C14H14BrF3O2/c15-10-6-9(16)5-8-7-14(17,18)13(12(8)10)20-11-3-1-2-4-19-11/h5-6,11,13H,1-4,7H2. The summed E-state index contributed by atoms with van der Waals surface area (Å²) >= 11 is 3.16. The second-order valence-corrected chi connectivity index (χ2v) is 6.06. The third-order valence-corrected chi connectivity index (χ3v) is 4.33. The van der Waals surface area contributed by atoms with E-state index in [1.54, 1.807) is 0 Å². The summed E-state index contributed by atoms with van der Waals surface area (Å²) in [6, 6.07) is 2.34. The molecular weight excluding hydrogens is 337 g/mol. The Morgan fingerprint density at radius 2 is 2.10 bits per heavy atom. The van der Waals surface area contributed by atoms with Crippen molar-refractivity contribution in [2.45, 2.75) is 44.0 Å². The molecule has 2 nitrogen and oxygen atoms in total. The molecule has 1 aliphatic carbocycles. The van der Waals surface area contributed by atoms with Gasteiger partial charge in [0.05, 0.1) is 0 Å². The lowest BCUT2D eigenvalue weighted by atomic mass is 10.1. The summed E-state index contributed by atoms with van der Waals surface area (Å²) in [6.45, 7) is 0.528. The maximum Gasteiger partial charge on any atom is 0.282 e. The number of benzene rings is 1. The fraction of sp³-hybridized carbons (Fsp3) is 0.571. The molecule has 3 rings (SSSR count). The molecule has 1 aromatic carbocycles. The van der Waals surface area contributed by atoms with Crippen molar-refractivity contribution in [3.05, 3.63) is 33.5 Å². The van der Waals surface area contributed by atoms with Gasteiger partial charge in [-0.2, -0.15) is 0 Å². The zero-order chi connectivity index (χ0) is 14.3. The number of rotatable bonds is 2. The summed E-state index contributed by atoms with van der Waals surface area (Å²) in [7, 11) is 0. The van der Waals surface area contributed by atoms with E-state index in [4.69, 9.17) is 9.47 Å². The van der Waals surface area contributed by atoms with Crippen molar-refractivity contribution < 1.29 is 22.6 Å². The maximum atomic E-state index is 14.1. The van der Waals surface area contributed by atoms with Gasteiger partial charge in [0.25, 0.3) is 5.92 Å². The first-order chi connectivity index (χ1) is 9.47. The van der Waals surface area contributed by atoms with E-state index < -0.39 is 30.6 Å². The van der Waals surface area contributed by atoms with Crippen molar-refractivity contribution in [2.75, 3.05) is 6.61 Å². The van der Waals surface area contributed by atoms with Gasteiger partial charge in [0.15, 0.2) is 12.4 Å². The van der Waals surface area contributed by atoms with Crippen LogP contribution in [0.1, 0.15) is 36.5 Å². The number of ether oxygens (including phenoxy) is 2. The van der Waals surface area contributed by atoms with Gasteiger partial charge in [0, 0.05) is 23.1 Å². The minimum atomic E-state index is -3.04. The van der Waals surface area contributed by atoms with Crippen LogP contribution in [0.3, 0.4) is 0 Å². The second-order valence-electron chi connectivity index (χ2n) is 5.21. The smallest absolute Gasteiger partial charge is 0.282 e. The van der Waals surface area contributed by atoms with Crippen LogP contribution in [0, 0.1) is 5.82 Å². The maximum absolute atomic E-state index is 14.1. The van der Waals surface area contributed by atoms with Gasteiger partial charge in [0.2, 0.25) is 0 Å².